The van der Waals surface area contributed by atoms with Crippen molar-refractivity contribution in [1.29, 1.82) is 0 Å². The molecule has 4 rings (SSSR count). The van der Waals surface area contributed by atoms with E-state index in [0.717, 1.165) is 31.5 Å². The molecule has 0 spiro atoms. The summed E-state index contributed by atoms with van der Waals surface area (Å²) in [6.07, 6.45) is 0.593. The normalized spacial score (nSPS) is 15.9. The molecule has 0 saturated heterocycles. The third kappa shape index (κ3) is 5.53. The van der Waals surface area contributed by atoms with E-state index in [1.165, 1.54) is 11.1 Å². The van der Waals surface area contributed by atoms with Crippen LogP contribution in [0.25, 0.3) is 0 Å². The van der Waals surface area contributed by atoms with Crippen LogP contribution < -0.4 is 0 Å². The van der Waals surface area contributed by atoms with Gasteiger partial charge in [-0.3, -0.25) is 4.90 Å². The van der Waals surface area contributed by atoms with Gasteiger partial charge in [-0.25, -0.2) is 4.39 Å². The van der Waals surface area contributed by atoms with Crippen LogP contribution in [0, 0.1) is 0 Å². The van der Waals surface area contributed by atoms with Gasteiger partial charge in [-0.2, -0.15) is 0 Å². The van der Waals surface area contributed by atoms with Gasteiger partial charge in [0.1, 0.15) is 11.8 Å². The number of rotatable bonds is 10. The van der Waals surface area contributed by atoms with Crippen LogP contribution in [-0.2, 0) is 24.4 Å². The molecule has 0 aromatic heterocycles. The van der Waals surface area contributed by atoms with Gasteiger partial charge >= 0.3 is 0 Å². The summed E-state index contributed by atoms with van der Waals surface area (Å²) < 4.78 is 21.5. The molecule has 0 radical (unpaired) electrons. The Balaban J connectivity index is 1.41. The molecular formula is C26H28FNO. The van der Waals surface area contributed by atoms with Crippen molar-refractivity contribution in [3.05, 3.63) is 108 Å². The summed E-state index contributed by atoms with van der Waals surface area (Å²) in [5, 5.41) is 0. The lowest BCUT2D eigenvalue weighted by Crippen LogP contribution is -2.39. The molecule has 1 aliphatic rings. The summed E-state index contributed by atoms with van der Waals surface area (Å²) in [6.45, 7) is 2.30. The van der Waals surface area contributed by atoms with Crippen LogP contribution in [0.15, 0.2) is 91.0 Å². The molecule has 3 heteroatoms. The van der Waals surface area contributed by atoms with Crippen LogP contribution in [0.2, 0.25) is 0 Å². The molecule has 2 nitrogen and oxygen atoms in total. The van der Waals surface area contributed by atoms with Crippen molar-refractivity contribution >= 4 is 0 Å². The van der Waals surface area contributed by atoms with Gasteiger partial charge in [0.25, 0.3) is 0 Å². The highest BCUT2D eigenvalue weighted by Crippen LogP contribution is 2.45. The monoisotopic (exact) mass is 389 g/mol. The summed E-state index contributed by atoms with van der Waals surface area (Å²) >= 11 is 0. The van der Waals surface area contributed by atoms with E-state index in [1.807, 2.05) is 66.7 Å². The minimum Gasteiger partial charge on any atom is -0.367 e. The van der Waals surface area contributed by atoms with Gasteiger partial charge in [0.05, 0.1) is 6.61 Å². The molecule has 0 N–H and O–H groups in total. The second-order valence-corrected chi connectivity index (χ2v) is 7.95. The van der Waals surface area contributed by atoms with E-state index in [1.54, 1.807) is 0 Å². The number of benzene rings is 3. The first-order chi connectivity index (χ1) is 14.2. The maximum atomic E-state index is 15.4. The van der Waals surface area contributed by atoms with Crippen LogP contribution in [0.1, 0.15) is 29.5 Å². The maximum Gasteiger partial charge on any atom is 0.142 e. The van der Waals surface area contributed by atoms with Crippen molar-refractivity contribution in [3.8, 4) is 0 Å². The quantitative estimate of drug-likeness (QED) is 0.436. The third-order valence-corrected chi connectivity index (χ3v) is 5.60. The van der Waals surface area contributed by atoms with Crippen molar-refractivity contribution < 1.29 is 9.13 Å². The van der Waals surface area contributed by atoms with Gasteiger partial charge in [-0.15, -0.1) is 0 Å². The fraction of sp³-hybridized carbons (Fsp3) is 0.308. The van der Waals surface area contributed by atoms with E-state index in [0.29, 0.717) is 13.2 Å². The van der Waals surface area contributed by atoms with Gasteiger partial charge in [0.15, 0.2) is 0 Å². The van der Waals surface area contributed by atoms with Crippen molar-refractivity contribution in [2.45, 2.75) is 44.3 Å². The van der Waals surface area contributed by atoms with Crippen LogP contribution in [-0.4, -0.2) is 23.2 Å². The number of ether oxygens (including phenoxy) is 1. The Bertz CT molecular complexity index is 823. The molecule has 0 unspecified atom stereocenters. The van der Waals surface area contributed by atoms with E-state index < -0.39 is 11.8 Å². The van der Waals surface area contributed by atoms with Crippen LogP contribution in [0.3, 0.4) is 0 Å². The molecule has 0 aliphatic heterocycles. The zero-order valence-electron chi connectivity index (χ0n) is 16.7. The van der Waals surface area contributed by atoms with Gasteiger partial charge < -0.3 is 4.74 Å². The summed E-state index contributed by atoms with van der Waals surface area (Å²) in [7, 11) is 0. The highest BCUT2D eigenvalue weighted by molar-refractivity contribution is 5.18. The predicted octanol–water partition coefficient (Wildman–Crippen LogP) is 5.78. The molecule has 1 fully saturated rings. The van der Waals surface area contributed by atoms with Gasteiger partial charge in [-0.05, 0) is 29.5 Å². The molecule has 1 saturated carbocycles. The lowest BCUT2D eigenvalue weighted by Gasteiger charge is -2.28. The van der Waals surface area contributed by atoms with Crippen molar-refractivity contribution in [1.82, 2.24) is 4.90 Å². The predicted molar refractivity (Wildman–Crippen MR) is 115 cm³/mol. The summed E-state index contributed by atoms with van der Waals surface area (Å²) in [4.78, 5) is 2.20. The maximum absolute atomic E-state index is 15.4. The molecule has 1 aliphatic carbocycles. The van der Waals surface area contributed by atoms with E-state index in [4.69, 9.17) is 4.74 Å². The average molecular weight is 390 g/mol. The number of alkyl halides is 1. The van der Waals surface area contributed by atoms with Crippen LogP contribution >= 0.6 is 0 Å². The Kier molecular flexibility index (Phi) is 6.38. The second kappa shape index (κ2) is 9.34. The molecule has 29 heavy (non-hydrogen) atoms. The first-order valence-corrected chi connectivity index (χ1v) is 10.4. The smallest absolute Gasteiger partial charge is 0.142 e. The second-order valence-electron chi connectivity index (χ2n) is 7.95. The van der Waals surface area contributed by atoms with Gasteiger partial charge in [0, 0.05) is 19.6 Å². The van der Waals surface area contributed by atoms with Gasteiger partial charge in [0.2, 0.25) is 0 Å². The Labute approximate surface area is 172 Å². The van der Waals surface area contributed by atoms with E-state index in [2.05, 4.69) is 29.2 Å². The number of halogens is 1. The first-order valence-electron chi connectivity index (χ1n) is 10.4. The lowest BCUT2D eigenvalue weighted by atomic mass is 10.1. The molecule has 150 valence electrons. The molecule has 0 bridgehead atoms. The first kappa shape index (κ1) is 19.8. The molecular weight excluding hydrogens is 361 g/mol. The van der Waals surface area contributed by atoms with Crippen molar-refractivity contribution in [2.75, 3.05) is 6.54 Å². The third-order valence-electron chi connectivity index (χ3n) is 5.60. The molecule has 0 amide bonds. The van der Waals surface area contributed by atoms with Crippen molar-refractivity contribution in [3.63, 3.8) is 0 Å². The Hall–Kier alpha value is -2.49. The number of nitrogens with zero attached hydrogens (tertiary/aromatic N) is 1. The Morgan fingerprint density at radius 2 is 1.17 bits per heavy atom. The Morgan fingerprint density at radius 3 is 1.62 bits per heavy atom. The molecule has 1 atom stereocenters. The Morgan fingerprint density at radius 1 is 0.724 bits per heavy atom. The average Bonchev–Trinajstić information content (AvgIpc) is 3.56. The highest BCUT2D eigenvalue weighted by atomic mass is 19.1. The van der Waals surface area contributed by atoms with Crippen LogP contribution in [0.5, 0.6) is 0 Å². The summed E-state index contributed by atoms with van der Waals surface area (Å²) in [5.41, 5.74) is 2.87. The molecule has 0 heterocycles. The summed E-state index contributed by atoms with van der Waals surface area (Å²) in [6, 6.07) is 30.6. The topological polar surface area (TPSA) is 12.5 Å². The fourth-order valence-corrected chi connectivity index (χ4v) is 3.73. The minimum absolute atomic E-state index is 0.374. The number of hydrogen-bond acceptors (Lipinski definition) is 2. The van der Waals surface area contributed by atoms with Gasteiger partial charge in [-0.1, -0.05) is 91.0 Å². The highest BCUT2D eigenvalue weighted by Gasteiger charge is 2.52. The zero-order valence-corrected chi connectivity index (χ0v) is 16.7. The SMILES string of the molecule is F[C@H](CN(Cc1ccccc1)Cc1ccccc1)C1(OCc2ccccc2)CC1. The van der Waals surface area contributed by atoms with E-state index in [-0.39, 0.29) is 0 Å². The molecule has 3 aromatic rings. The summed E-state index contributed by atoms with van der Waals surface area (Å²) in [5.74, 6) is 0. The van der Waals surface area contributed by atoms with E-state index in [9.17, 15) is 0 Å². The standard InChI is InChI=1S/C26H28FNO/c27-25(26(16-17-26)29-21-24-14-8-3-9-15-24)20-28(18-22-10-4-1-5-11-22)19-23-12-6-2-7-13-23/h1-15,25H,16-21H2/t25-/m1/s1. The minimum atomic E-state index is -1.00. The fourth-order valence-electron chi connectivity index (χ4n) is 3.73. The zero-order chi connectivity index (χ0) is 19.9. The lowest BCUT2D eigenvalue weighted by molar-refractivity contribution is -0.0450. The largest absolute Gasteiger partial charge is 0.367 e. The van der Waals surface area contributed by atoms with Crippen LogP contribution in [0.4, 0.5) is 4.39 Å². The molecule has 3 aromatic carbocycles. The van der Waals surface area contributed by atoms with E-state index >= 15 is 4.39 Å². The van der Waals surface area contributed by atoms with Crippen molar-refractivity contribution in [2.24, 2.45) is 0 Å². The number of hydrogen-bond donors (Lipinski definition) is 0.